The van der Waals surface area contributed by atoms with Crippen LogP contribution >= 0.6 is 31.9 Å². The Hall–Kier alpha value is -2.32. The highest BCUT2D eigenvalue weighted by atomic mass is 79.9. The van der Waals surface area contributed by atoms with Crippen LogP contribution in [0.1, 0.15) is 13.8 Å². The molecule has 2 aromatic rings. The van der Waals surface area contributed by atoms with Crippen molar-refractivity contribution in [2.45, 2.75) is 23.0 Å². The van der Waals surface area contributed by atoms with E-state index in [0.29, 0.717) is 22.8 Å². The lowest BCUT2D eigenvalue weighted by molar-refractivity contribution is -0.120. The minimum absolute atomic E-state index is 0.187. The minimum Gasteiger partial charge on any atom is -0.272 e. The molecule has 0 fully saturated rings. The van der Waals surface area contributed by atoms with Crippen molar-refractivity contribution in [1.82, 2.24) is 0 Å². The molecule has 0 saturated heterocycles. The van der Waals surface area contributed by atoms with Gasteiger partial charge in [-0.2, -0.15) is 15.2 Å². The van der Waals surface area contributed by atoms with E-state index in [9.17, 15) is 9.59 Å². The summed E-state index contributed by atoms with van der Waals surface area (Å²) in [5.74, 6) is -1.05. The Morgan fingerprint density at radius 1 is 0.897 bits per heavy atom. The standard InChI is InChI=1S/C21H18Br2N4O2/c1-13-17(19(28)26(24-13)15-9-5-3-6-10-15)18(22)21(23)14(2)25-27(20(21)29)16-11-7-4-8-12-16/h3-12,17-18H,1-2H3/t17-,18+,21+/m0/s1. The molecule has 3 atom stereocenters. The van der Waals surface area contributed by atoms with E-state index in [1.165, 1.54) is 10.0 Å². The summed E-state index contributed by atoms with van der Waals surface area (Å²) in [6.45, 7) is 3.59. The Kier molecular flexibility index (Phi) is 5.16. The van der Waals surface area contributed by atoms with Crippen LogP contribution in [0.3, 0.4) is 0 Å². The summed E-state index contributed by atoms with van der Waals surface area (Å²) in [4.78, 5) is 26.0. The van der Waals surface area contributed by atoms with Crippen molar-refractivity contribution in [2.24, 2.45) is 16.1 Å². The second kappa shape index (κ2) is 7.50. The zero-order valence-electron chi connectivity index (χ0n) is 15.8. The van der Waals surface area contributed by atoms with Crippen molar-refractivity contribution in [3.63, 3.8) is 0 Å². The van der Waals surface area contributed by atoms with Gasteiger partial charge in [0.05, 0.1) is 27.8 Å². The van der Waals surface area contributed by atoms with Crippen LogP contribution in [0.5, 0.6) is 0 Å². The largest absolute Gasteiger partial charge is 0.272 e. The third-order valence-electron chi connectivity index (χ3n) is 5.14. The highest BCUT2D eigenvalue weighted by Gasteiger charge is 2.58. The molecule has 29 heavy (non-hydrogen) atoms. The molecule has 0 N–H and O–H groups in total. The fraction of sp³-hybridized carbons (Fsp3) is 0.238. The molecule has 148 valence electrons. The molecule has 6 nitrogen and oxygen atoms in total. The van der Waals surface area contributed by atoms with E-state index >= 15 is 0 Å². The number of alkyl halides is 2. The maximum Gasteiger partial charge on any atom is 0.271 e. The van der Waals surface area contributed by atoms with Crippen LogP contribution in [0, 0.1) is 5.92 Å². The van der Waals surface area contributed by atoms with Crippen LogP contribution in [-0.2, 0) is 9.59 Å². The van der Waals surface area contributed by atoms with Crippen molar-refractivity contribution in [2.75, 3.05) is 10.0 Å². The molecule has 2 amide bonds. The van der Waals surface area contributed by atoms with Crippen LogP contribution in [0.15, 0.2) is 70.9 Å². The van der Waals surface area contributed by atoms with E-state index in [-0.39, 0.29) is 11.8 Å². The van der Waals surface area contributed by atoms with Gasteiger partial charge in [0, 0.05) is 5.71 Å². The normalized spacial score (nSPS) is 25.3. The lowest BCUT2D eigenvalue weighted by Crippen LogP contribution is -2.53. The molecular weight excluding hydrogens is 500 g/mol. The van der Waals surface area contributed by atoms with Gasteiger partial charge in [-0.05, 0) is 38.1 Å². The number of nitrogens with zero attached hydrogens (tertiary/aromatic N) is 4. The summed E-state index contributed by atoms with van der Waals surface area (Å²) in [6.07, 6.45) is 0. The predicted molar refractivity (Wildman–Crippen MR) is 122 cm³/mol. The summed E-state index contributed by atoms with van der Waals surface area (Å²) in [6, 6.07) is 18.5. The summed E-state index contributed by atoms with van der Waals surface area (Å²) in [7, 11) is 0. The van der Waals surface area contributed by atoms with Gasteiger partial charge in [-0.1, -0.05) is 68.3 Å². The molecule has 4 rings (SSSR count). The second-order valence-corrected chi connectivity index (χ2v) is 9.19. The predicted octanol–water partition coefficient (Wildman–Crippen LogP) is 4.35. The van der Waals surface area contributed by atoms with Gasteiger partial charge in [0.2, 0.25) is 0 Å². The Balaban J connectivity index is 1.65. The average Bonchev–Trinajstić information content (AvgIpc) is 3.17. The van der Waals surface area contributed by atoms with Crippen LogP contribution in [0.25, 0.3) is 0 Å². The van der Waals surface area contributed by atoms with Crippen LogP contribution in [0.2, 0.25) is 0 Å². The van der Waals surface area contributed by atoms with E-state index in [0.717, 1.165) is 0 Å². The molecule has 2 aromatic carbocycles. The first-order valence-electron chi connectivity index (χ1n) is 9.08. The highest BCUT2D eigenvalue weighted by molar-refractivity contribution is 9.13. The summed E-state index contributed by atoms with van der Waals surface area (Å²) in [5.41, 5.74) is 2.58. The smallest absolute Gasteiger partial charge is 0.271 e. The van der Waals surface area contributed by atoms with E-state index in [1.54, 1.807) is 13.8 Å². The number of rotatable bonds is 4. The third kappa shape index (κ3) is 3.14. The molecule has 0 bridgehead atoms. The molecule has 0 saturated carbocycles. The lowest BCUT2D eigenvalue weighted by atomic mass is 9.88. The number of halogens is 2. The number of para-hydroxylation sites is 2. The lowest BCUT2D eigenvalue weighted by Gasteiger charge is -2.30. The highest BCUT2D eigenvalue weighted by Crippen LogP contribution is 2.43. The van der Waals surface area contributed by atoms with Gasteiger partial charge >= 0.3 is 0 Å². The first-order valence-corrected chi connectivity index (χ1v) is 10.8. The van der Waals surface area contributed by atoms with Gasteiger partial charge in [0.1, 0.15) is 0 Å². The minimum atomic E-state index is -1.16. The third-order valence-corrected chi connectivity index (χ3v) is 8.37. The van der Waals surface area contributed by atoms with Gasteiger partial charge in [-0.3, -0.25) is 9.59 Å². The number of amides is 2. The molecular formula is C21H18Br2N4O2. The molecule has 2 aliphatic rings. The Labute approximate surface area is 185 Å². The number of hydrazone groups is 2. The maximum absolute atomic E-state index is 13.4. The molecule has 0 spiro atoms. The summed E-state index contributed by atoms with van der Waals surface area (Å²) >= 11 is 7.27. The second-order valence-electron chi connectivity index (χ2n) is 6.96. The van der Waals surface area contributed by atoms with Crippen molar-refractivity contribution in [1.29, 1.82) is 0 Å². The number of anilines is 2. The number of hydrogen-bond acceptors (Lipinski definition) is 4. The number of benzene rings is 2. The monoisotopic (exact) mass is 516 g/mol. The van der Waals surface area contributed by atoms with Crippen LogP contribution in [-0.4, -0.2) is 32.4 Å². The summed E-state index contributed by atoms with van der Waals surface area (Å²) < 4.78 is -1.16. The number of carbonyl (C=O) groups excluding carboxylic acids is 2. The van der Waals surface area contributed by atoms with E-state index in [1.807, 2.05) is 60.7 Å². The quantitative estimate of drug-likeness (QED) is 0.566. The van der Waals surface area contributed by atoms with Crippen molar-refractivity contribution >= 4 is 66.5 Å². The fourth-order valence-corrected chi connectivity index (χ4v) is 5.19. The zero-order chi connectivity index (χ0) is 20.8. The van der Waals surface area contributed by atoms with Gasteiger partial charge in [0.25, 0.3) is 11.8 Å². The fourth-order valence-electron chi connectivity index (χ4n) is 3.54. The van der Waals surface area contributed by atoms with E-state index in [2.05, 4.69) is 42.1 Å². The molecule has 8 heteroatoms. The van der Waals surface area contributed by atoms with Crippen LogP contribution in [0.4, 0.5) is 11.4 Å². The van der Waals surface area contributed by atoms with Crippen molar-refractivity contribution < 1.29 is 9.59 Å². The van der Waals surface area contributed by atoms with Gasteiger partial charge < -0.3 is 0 Å². The van der Waals surface area contributed by atoms with E-state index in [4.69, 9.17) is 0 Å². The van der Waals surface area contributed by atoms with Gasteiger partial charge in [0.15, 0.2) is 4.32 Å². The molecule has 2 heterocycles. The zero-order valence-corrected chi connectivity index (χ0v) is 19.0. The van der Waals surface area contributed by atoms with E-state index < -0.39 is 15.1 Å². The molecule has 0 aromatic heterocycles. The van der Waals surface area contributed by atoms with Crippen LogP contribution < -0.4 is 10.0 Å². The molecule has 0 aliphatic carbocycles. The molecule has 0 radical (unpaired) electrons. The Morgan fingerprint density at radius 2 is 1.41 bits per heavy atom. The summed E-state index contributed by atoms with van der Waals surface area (Å²) in [5, 5.41) is 11.7. The van der Waals surface area contributed by atoms with Gasteiger partial charge in [-0.15, -0.1) is 0 Å². The van der Waals surface area contributed by atoms with Gasteiger partial charge in [-0.25, -0.2) is 5.01 Å². The number of hydrogen-bond donors (Lipinski definition) is 0. The maximum atomic E-state index is 13.4. The van der Waals surface area contributed by atoms with Crippen molar-refractivity contribution in [3.05, 3.63) is 60.7 Å². The SMILES string of the molecule is CC1=NN(c2ccccc2)C(=O)[C@@H]1[C@@H](Br)[C@@]1(Br)C(=O)N(c2ccccc2)N=C1C. The Morgan fingerprint density at radius 3 is 1.97 bits per heavy atom. The average molecular weight is 518 g/mol. The topological polar surface area (TPSA) is 65.3 Å². The Bertz CT molecular complexity index is 1030. The van der Waals surface area contributed by atoms with Crippen molar-refractivity contribution in [3.8, 4) is 0 Å². The molecule has 0 unspecified atom stereocenters. The first kappa shape index (κ1) is 20.0. The first-order chi connectivity index (χ1) is 13.9. The molecule has 2 aliphatic heterocycles. The number of carbonyl (C=O) groups is 2.